The van der Waals surface area contributed by atoms with E-state index < -0.39 is 0 Å². The van der Waals surface area contributed by atoms with Gasteiger partial charge in [-0.1, -0.05) is 0 Å². The summed E-state index contributed by atoms with van der Waals surface area (Å²) in [5.41, 5.74) is -0.0694. The van der Waals surface area contributed by atoms with E-state index in [-0.39, 0.29) is 5.54 Å². The summed E-state index contributed by atoms with van der Waals surface area (Å²) in [7, 11) is 3.91. The summed E-state index contributed by atoms with van der Waals surface area (Å²) < 4.78 is 0. The molecule has 0 atom stereocenters. The average molecular weight is 110 g/mol. The molecule has 1 aliphatic rings. The fraction of sp³-hybridized carbons (Fsp3) is 0.833. The molecule has 1 aliphatic carbocycles. The number of rotatable bonds is 1. The zero-order valence-electron chi connectivity index (χ0n) is 5.31. The predicted octanol–water partition coefficient (Wildman–Crippen LogP) is 0.604. The van der Waals surface area contributed by atoms with E-state index in [1.807, 2.05) is 19.0 Å². The molecule has 0 aliphatic heterocycles. The lowest BCUT2D eigenvalue weighted by atomic mass is 10.3. The van der Waals surface area contributed by atoms with Gasteiger partial charge >= 0.3 is 0 Å². The Balaban J connectivity index is 2.57. The molecule has 0 radical (unpaired) electrons. The molecule has 0 heterocycles. The maximum atomic E-state index is 8.54. The van der Waals surface area contributed by atoms with E-state index in [2.05, 4.69) is 6.07 Å². The molecule has 0 aromatic rings. The first-order valence-electron chi connectivity index (χ1n) is 2.80. The molecule has 0 aromatic carbocycles. The first kappa shape index (κ1) is 5.58. The Bertz CT molecular complexity index is 128. The molecule has 0 amide bonds. The van der Waals surface area contributed by atoms with Crippen LogP contribution in [-0.4, -0.2) is 24.5 Å². The minimum Gasteiger partial charge on any atom is -0.292 e. The SMILES string of the molecule is CN(C)C1(C#N)CC1. The Labute approximate surface area is 49.7 Å². The second-order valence-electron chi connectivity index (χ2n) is 2.54. The van der Waals surface area contributed by atoms with Gasteiger partial charge < -0.3 is 0 Å². The Kier molecular flexibility index (Phi) is 1.02. The van der Waals surface area contributed by atoms with Gasteiger partial charge in [-0.25, -0.2) is 0 Å². The molecule has 1 fully saturated rings. The van der Waals surface area contributed by atoms with Gasteiger partial charge in [-0.2, -0.15) is 5.26 Å². The molecule has 2 nitrogen and oxygen atoms in total. The van der Waals surface area contributed by atoms with E-state index in [1.165, 1.54) is 0 Å². The van der Waals surface area contributed by atoms with Gasteiger partial charge in [0, 0.05) is 0 Å². The molecule has 44 valence electrons. The summed E-state index contributed by atoms with van der Waals surface area (Å²) in [6.07, 6.45) is 2.10. The predicted molar refractivity (Wildman–Crippen MR) is 31.3 cm³/mol. The zero-order valence-corrected chi connectivity index (χ0v) is 5.31. The number of nitriles is 1. The van der Waals surface area contributed by atoms with Crippen LogP contribution in [0.2, 0.25) is 0 Å². The molecular weight excluding hydrogens is 100 g/mol. The molecular formula is C6H10N2. The highest BCUT2D eigenvalue weighted by Gasteiger charge is 2.45. The van der Waals surface area contributed by atoms with Crippen LogP contribution in [0.1, 0.15) is 12.8 Å². The molecule has 2 heteroatoms. The molecule has 8 heavy (non-hydrogen) atoms. The first-order valence-corrected chi connectivity index (χ1v) is 2.80. The van der Waals surface area contributed by atoms with Gasteiger partial charge in [0.25, 0.3) is 0 Å². The van der Waals surface area contributed by atoms with E-state index in [4.69, 9.17) is 5.26 Å². The third-order valence-electron chi connectivity index (χ3n) is 1.79. The third kappa shape index (κ3) is 0.597. The highest BCUT2D eigenvalue weighted by Crippen LogP contribution is 2.38. The van der Waals surface area contributed by atoms with Crippen LogP contribution in [0.3, 0.4) is 0 Å². The maximum absolute atomic E-state index is 8.54. The quantitative estimate of drug-likeness (QED) is 0.494. The van der Waals surface area contributed by atoms with Crippen LogP contribution in [0.5, 0.6) is 0 Å². The monoisotopic (exact) mass is 110 g/mol. The summed E-state index contributed by atoms with van der Waals surface area (Å²) in [5, 5.41) is 8.54. The van der Waals surface area contributed by atoms with Crippen LogP contribution in [0.4, 0.5) is 0 Å². The summed E-state index contributed by atoms with van der Waals surface area (Å²) in [6.45, 7) is 0. The summed E-state index contributed by atoms with van der Waals surface area (Å²) in [5.74, 6) is 0. The Hall–Kier alpha value is -0.550. The number of hydrogen-bond donors (Lipinski definition) is 0. The Morgan fingerprint density at radius 3 is 2.00 bits per heavy atom. The van der Waals surface area contributed by atoms with Crippen LogP contribution in [-0.2, 0) is 0 Å². The molecule has 0 spiro atoms. The van der Waals surface area contributed by atoms with Crippen molar-refractivity contribution in [3.05, 3.63) is 0 Å². The van der Waals surface area contributed by atoms with Gasteiger partial charge in [0.15, 0.2) is 0 Å². The highest BCUT2D eigenvalue weighted by atomic mass is 15.2. The van der Waals surface area contributed by atoms with Crippen molar-refractivity contribution in [2.45, 2.75) is 18.4 Å². The molecule has 1 rings (SSSR count). The standard InChI is InChI=1S/C6H10N2/c1-8(2)6(5-7)3-4-6/h3-4H2,1-2H3. The molecule has 0 unspecified atom stereocenters. The van der Waals surface area contributed by atoms with Gasteiger partial charge in [0.2, 0.25) is 0 Å². The highest BCUT2D eigenvalue weighted by molar-refractivity contribution is 5.17. The van der Waals surface area contributed by atoms with Gasteiger partial charge in [-0.15, -0.1) is 0 Å². The summed E-state index contributed by atoms with van der Waals surface area (Å²) in [4.78, 5) is 1.99. The normalized spacial score (nSPS) is 22.8. The van der Waals surface area contributed by atoms with Crippen molar-refractivity contribution >= 4 is 0 Å². The zero-order chi connectivity index (χ0) is 6.20. The van der Waals surface area contributed by atoms with Crippen molar-refractivity contribution in [2.75, 3.05) is 14.1 Å². The van der Waals surface area contributed by atoms with Crippen molar-refractivity contribution in [2.24, 2.45) is 0 Å². The molecule has 1 saturated carbocycles. The van der Waals surface area contributed by atoms with Crippen molar-refractivity contribution < 1.29 is 0 Å². The molecule has 0 bridgehead atoms. The van der Waals surface area contributed by atoms with E-state index in [1.54, 1.807) is 0 Å². The van der Waals surface area contributed by atoms with E-state index in [0.717, 1.165) is 12.8 Å². The fourth-order valence-electron chi connectivity index (χ4n) is 0.777. The molecule has 0 aromatic heterocycles. The van der Waals surface area contributed by atoms with Crippen LogP contribution in [0, 0.1) is 11.3 Å². The van der Waals surface area contributed by atoms with Gasteiger partial charge in [-0.3, -0.25) is 4.90 Å². The van der Waals surface area contributed by atoms with Crippen LogP contribution in [0.25, 0.3) is 0 Å². The Morgan fingerprint density at radius 1 is 1.50 bits per heavy atom. The van der Waals surface area contributed by atoms with Crippen LogP contribution >= 0.6 is 0 Å². The van der Waals surface area contributed by atoms with E-state index >= 15 is 0 Å². The maximum Gasteiger partial charge on any atom is 0.108 e. The van der Waals surface area contributed by atoms with Crippen molar-refractivity contribution in [3.8, 4) is 6.07 Å². The van der Waals surface area contributed by atoms with Crippen molar-refractivity contribution in [1.29, 1.82) is 5.26 Å². The van der Waals surface area contributed by atoms with Gasteiger partial charge in [0.1, 0.15) is 5.54 Å². The largest absolute Gasteiger partial charge is 0.292 e. The van der Waals surface area contributed by atoms with E-state index in [9.17, 15) is 0 Å². The van der Waals surface area contributed by atoms with Gasteiger partial charge in [0.05, 0.1) is 6.07 Å². The summed E-state index contributed by atoms with van der Waals surface area (Å²) in [6, 6.07) is 2.28. The number of nitrogens with zero attached hydrogens (tertiary/aromatic N) is 2. The lowest BCUT2D eigenvalue weighted by Gasteiger charge is -2.13. The topological polar surface area (TPSA) is 27.0 Å². The van der Waals surface area contributed by atoms with Crippen molar-refractivity contribution in [3.63, 3.8) is 0 Å². The average Bonchev–Trinajstić information content (AvgIpc) is 2.44. The molecule has 0 saturated heterocycles. The van der Waals surface area contributed by atoms with E-state index in [0.29, 0.717) is 0 Å². The molecule has 0 N–H and O–H groups in total. The fourth-order valence-corrected chi connectivity index (χ4v) is 0.777. The lowest BCUT2D eigenvalue weighted by Crippen LogP contribution is -2.27. The van der Waals surface area contributed by atoms with Crippen LogP contribution in [0.15, 0.2) is 0 Å². The van der Waals surface area contributed by atoms with Crippen LogP contribution < -0.4 is 0 Å². The minimum absolute atomic E-state index is 0.0694. The van der Waals surface area contributed by atoms with Gasteiger partial charge in [-0.05, 0) is 26.9 Å². The first-order chi connectivity index (χ1) is 3.71. The second kappa shape index (κ2) is 1.46. The third-order valence-corrected chi connectivity index (χ3v) is 1.79. The second-order valence-corrected chi connectivity index (χ2v) is 2.54. The summed E-state index contributed by atoms with van der Waals surface area (Å²) >= 11 is 0. The lowest BCUT2D eigenvalue weighted by molar-refractivity contribution is 0.333. The number of hydrogen-bond acceptors (Lipinski definition) is 2. The van der Waals surface area contributed by atoms with Crippen molar-refractivity contribution in [1.82, 2.24) is 4.90 Å². The Morgan fingerprint density at radius 2 is 2.00 bits per heavy atom. The smallest absolute Gasteiger partial charge is 0.108 e. The minimum atomic E-state index is -0.0694.